The molecule has 0 aliphatic carbocycles. The topological polar surface area (TPSA) is 40.5 Å². The fraction of sp³-hybridized carbons (Fsp3) is 0.0385. The molecule has 1 N–H and O–H groups in total. The predicted octanol–water partition coefficient (Wildman–Crippen LogP) is 5.34. The van der Waals surface area contributed by atoms with E-state index in [0.29, 0.717) is 5.56 Å². The maximum absolute atomic E-state index is 13.7. The Kier molecular flexibility index (Phi) is 3.95. The molecule has 1 aliphatic rings. The Labute approximate surface area is 169 Å². The molecule has 1 atom stereocenters. The molecule has 1 heterocycles. The van der Waals surface area contributed by atoms with E-state index in [1.54, 1.807) is 12.1 Å². The molecule has 4 aromatic carbocycles. The van der Waals surface area contributed by atoms with Crippen molar-refractivity contribution in [2.24, 2.45) is 0 Å². The second-order valence-corrected chi connectivity index (χ2v) is 7.15. The minimum Gasteiger partial charge on any atom is -0.508 e. The van der Waals surface area contributed by atoms with E-state index in [-0.39, 0.29) is 11.7 Å². The molecule has 0 saturated heterocycles. The molecule has 0 radical (unpaired) electrons. The van der Waals surface area contributed by atoms with Gasteiger partial charge in [0, 0.05) is 11.3 Å². The lowest BCUT2D eigenvalue weighted by Gasteiger charge is -2.40. The number of hydrogen-bond donors (Lipinski definition) is 1. The molecule has 0 aromatic heterocycles. The number of para-hydroxylation sites is 1. The first kappa shape index (κ1) is 17.3. The van der Waals surface area contributed by atoms with Crippen LogP contribution in [0.4, 0.5) is 5.69 Å². The molecule has 5 rings (SSSR count). The van der Waals surface area contributed by atoms with Crippen molar-refractivity contribution in [2.75, 3.05) is 4.90 Å². The quantitative estimate of drug-likeness (QED) is 0.523. The third-order valence-corrected chi connectivity index (χ3v) is 5.58. The summed E-state index contributed by atoms with van der Waals surface area (Å²) in [4.78, 5) is 15.6. The number of carbonyl (C=O) groups is 1. The van der Waals surface area contributed by atoms with Gasteiger partial charge >= 0.3 is 0 Å². The highest BCUT2D eigenvalue weighted by atomic mass is 16.3. The molecule has 29 heavy (non-hydrogen) atoms. The Balaban J connectivity index is 1.92. The summed E-state index contributed by atoms with van der Waals surface area (Å²) in [7, 11) is 0. The van der Waals surface area contributed by atoms with Crippen LogP contribution in [0.25, 0.3) is 0 Å². The SMILES string of the molecule is O=C1c2ccccc2C(c2ccccc2)(c2ccc(O)cc2)N1c1ccccc1. The Hall–Kier alpha value is -3.85. The Bertz CT molecular complexity index is 1170. The molecule has 4 aromatic rings. The van der Waals surface area contributed by atoms with Gasteiger partial charge in [-0.25, -0.2) is 0 Å². The van der Waals surface area contributed by atoms with Gasteiger partial charge in [-0.1, -0.05) is 78.9 Å². The van der Waals surface area contributed by atoms with Crippen molar-refractivity contribution in [1.29, 1.82) is 0 Å². The summed E-state index contributed by atoms with van der Waals surface area (Å²) in [5, 5.41) is 9.90. The zero-order valence-electron chi connectivity index (χ0n) is 15.7. The van der Waals surface area contributed by atoms with Gasteiger partial charge in [0.15, 0.2) is 0 Å². The van der Waals surface area contributed by atoms with Crippen molar-refractivity contribution in [1.82, 2.24) is 0 Å². The van der Waals surface area contributed by atoms with Crippen molar-refractivity contribution >= 4 is 11.6 Å². The van der Waals surface area contributed by atoms with Crippen molar-refractivity contribution in [2.45, 2.75) is 5.54 Å². The number of nitrogens with zero attached hydrogens (tertiary/aromatic N) is 1. The van der Waals surface area contributed by atoms with E-state index in [4.69, 9.17) is 0 Å². The number of hydrogen-bond acceptors (Lipinski definition) is 2. The van der Waals surface area contributed by atoms with E-state index in [2.05, 4.69) is 12.1 Å². The lowest BCUT2D eigenvalue weighted by atomic mass is 9.76. The number of aromatic hydroxyl groups is 1. The van der Waals surface area contributed by atoms with Crippen LogP contribution < -0.4 is 4.90 Å². The molecule has 1 amide bonds. The van der Waals surface area contributed by atoms with Crippen LogP contribution in [-0.4, -0.2) is 11.0 Å². The second kappa shape index (κ2) is 6.64. The maximum Gasteiger partial charge on any atom is 0.260 e. The predicted molar refractivity (Wildman–Crippen MR) is 114 cm³/mol. The fourth-order valence-electron chi connectivity index (χ4n) is 4.38. The number of phenols is 1. The molecule has 3 heteroatoms. The molecule has 0 bridgehead atoms. The van der Waals surface area contributed by atoms with Gasteiger partial charge in [-0.2, -0.15) is 0 Å². The van der Waals surface area contributed by atoms with Crippen LogP contribution in [0.5, 0.6) is 5.75 Å². The summed E-state index contributed by atoms with van der Waals surface area (Å²) < 4.78 is 0. The van der Waals surface area contributed by atoms with E-state index in [0.717, 1.165) is 22.4 Å². The van der Waals surface area contributed by atoms with Crippen LogP contribution in [0.3, 0.4) is 0 Å². The molecule has 0 spiro atoms. The number of fused-ring (bicyclic) bond motifs is 1. The first-order valence-electron chi connectivity index (χ1n) is 9.57. The van der Waals surface area contributed by atoms with Crippen LogP contribution in [0.15, 0.2) is 109 Å². The fourth-order valence-corrected chi connectivity index (χ4v) is 4.38. The van der Waals surface area contributed by atoms with Crippen molar-refractivity contribution in [3.05, 3.63) is 131 Å². The molecular weight excluding hydrogens is 358 g/mol. The van der Waals surface area contributed by atoms with E-state index < -0.39 is 5.54 Å². The van der Waals surface area contributed by atoms with Crippen LogP contribution in [0.1, 0.15) is 27.0 Å². The summed E-state index contributed by atoms with van der Waals surface area (Å²) in [5.41, 5.74) is 3.53. The average molecular weight is 377 g/mol. The number of rotatable bonds is 3. The van der Waals surface area contributed by atoms with E-state index >= 15 is 0 Å². The van der Waals surface area contributed by atoms with Gasteiger partial charge in [0.2, 0.25) is 0 Å². The molecule has 0 saturated carbocycles. The minimum atomic E-state index is -0.829. The monoisotopic (exact) mass is 377 g/mol. The summed E-state index contributed by atoms with van der Waals surface area (Å²) in [5.74, 6) is 0.157. The van der Waals surface area contributed by atoms with Gasteiger partial charge in [0.1, 0.15) is 11.3 Å². The zero-order valence-corrected chi connectivity index (χ0v) is 15.7. The number of amides is 1. The van der Waals surface area contributed by atoms with Crippen LogP contribution >= 0.6 is 0 Å². The lowest BCUT2D eigenvalue weighted by molar-refractivity contribution is 0.0986. The Morgan fingerprint density at radius 3 is 1.86 bits per heavy atom. The highest BCUT2D eigenvalue weighted by Gasteiger charge is 2.52. The lowest BCUT2D eigenvalue weighted by Crippen LogP contribution is -2.46. The number of phenolic OH excluding ortho intramolecular Hbond substituents is 1. The van der Waals surface area contributed by atoms with E-state index in [1.165, 1.54) is 0 Å². The van der Waals surface area contributed by atoms with Gasteiger partial charge < -0.3 is 5.11 Å². The summed E-state index contributed by atoms with van der Waals surface area (Å²) in [6, 6.07) is 34.7. The highest BCUT2D eigenvalue weighted by molar-refractivity contribution is 6.13. The summed E-state index contributed by atoms with van der Waals surface area (Å²) in [6.07, 6.45) is 0. The van der Waals surface area contributed by atoms with E-state index in [9.17, 15) is 9.90 Å². The molecule has 1 unspecified atom stereocenters. The molecular formula is C26H19NO2. The minimum absolute atomic E-state index is 0.0382. The number of benzene rings is 4. The normalized spacial score (nSPS) is 17.9. The molecule has 3 nitrogen and oxygen atoms in total. The van der Waals surface area contributed by atoms with Crippen molar-refractivity contribution < 1.29 is 9.90 Å². The van der Waals surface area contributed by atoms with Crippen molar-refractivity contribution in [3.8, 4) is 5.75 Å². The number of carbonyl (C=O) groups excluding carboxylic acids is 1. The van der Waals surface area contributed by atoms with Crippen LogP contribution in [-0.2, 0) is 5.54 Å². The third kappa shape index (κ3) is 2.48. The van der Waals surface area contributed by atoms with Gasteiger partial charge in [-0.05, 0) is 47.0 Å². The van der Waals surface area contributed by atoms with Gasteiger partial charge in [0.05, 0.1) is 0 Å². The van der Waals surface area contributed by atoms with Crippen molar-refractivity contribution in [3.63, 3.8) is 0 Å². The molecule has 1 aliphatic heterocycles. The van der Waals surface area contributed by atoms with Crippen LogP contribution in [0.2, 0.25) is 0 Å². The largest absolute Gasteiger partial charge is 0.508 e. The Morgan fingerprint density at radius 1 is 0.621 bits per heavy atom. The second-order valence-electron chi connectivity index (χ2n) is 7.15. The van der Waals surface area contributed by atoms with Crippen LogP contribution in [0, 0.1) is 0 Å². The van der Waals surface area contributed by atoms with Gasteiger partial charge in [-0.15, -0.1) is 0 Å². The molecule has 0 fully saturated rings. The maximum atomic E-state index is 13.7. The van der Waals surface area contributed by atoms with Gasteiger partial charge in [0.25, 0.3) is 5.91 Å². The van der Waals surface area contributed by atoms with Gasteiger partial charge in [-0.3, -0.25) is 9.69 Å². The summed E-state index contributed by atoms with van der Waals surface area (Å²) >= 11 is 0. The first-order valence-corrected chi connectivity index (χ1v) is 9.57. The van der Waals surface area contributed by atoms with E-state index in [1.807, 2.05) is 89.8 Å². The smallest absolute Gasteiger partial charge is 0.260 e. The zero-order chi connectivity index (χ0) is 19.8. The highest BCUT2D eigenvalue weighted by Crippen LogP contribution is 2.50. The standard InChI is InChI=1S/C26H19NO2/c28-22-17-15-20(16-18-22)26(19-9-3-1-4-10-19)24-14-8-7-13-23(24)25(29)27(26)21-11-5-2-6-12-21/h1-18,28H. The number of anilines is 1. The summed E-state index contributed by atoms with van der Waals surface area (Å²) in [6.45, 7) is 0. The first-order chi connectivity index (χ1) is 14.2. The third-order valence-electron chi connectivity index (χ3n) is 5.58. The Morgan fingerprint density at radius 2 is 1.17 bits per heavy atom. The molecule has 140 valence electrons. The average Bonchev–Trinajstić information content (AvgIpc) is 3.05.